The predicted molar refractivity (Wildman–Crippen MR) is 94.3 cm³/mol. The lowest BCUT2D eigenvalue weighted by atomic mass is 9.83. The van der Waals surface area contributed by atoms with Crippen LogP contribution >= 0.6 is 23.2 Å². The van der Waals surface area contributed by atoms with Crippen molar-refractivity contribution in [3.05, 3.63) is 69.2 Å². The van der Waals surface area contributed by atoms with Gasteiger partial charge in [-0.2, -0.15) is 23.5 Å². The summed E-state index contributed by atoms with van der Waals surface area (Å²) in [7, 11) is 1.27. The second kappa shape index (κ2) is 6.49. The van der Waals surface area contributed by atoms with Gasteiger partial charge in [-0.05, 0) is 41.5 Å². The van der Waals surface area contributed by atoms with E-state index < -0.39 is 18.1 Å². The van der Waals surface area contributed by atoms with Crippen LogP contribution in [0, 0.1) is 11.3 Å². The molecular formula is C18H12Cl2F3N3. The standard InChI is InChI=1S/C18H12Cl2F3N3/c1-26-17(18(21,22)23,13-6-14(19)8-15(20)7-13)9-16(25-26)12-4-2-3-11(5-12)10-24/h2-8H,9H2,1H3. The van der Waals surface area contributed by atoms with Crippen molar-refractivity contribution < 1.29 is 13.2 Å². The summed E-state index contributed by atoms with van der Waals surface area (Å²) in [5.74, 6) is 0. The number of hydrogen-bond donors (Lipinski definition) is 0. The molecule has 0 aromatic heterocycles. The molecule has 1 aliphatic rings. The summed E-state index contributed by atoms with van der Waals surface area (Å²) in [6.45, 7) is 0. The minimum atomic E-state index is -4.63. The highest BCUT2D eigenvalue weighted by Crippen LogP contribution is 2.50. The Bertz CT molecular complexity index is 914. The average molecular weight is 398 g/mol. The van der Waals surface area contributed by atoms with E-state index in [9.17, 15) is 13.2 Å². The van der Waals surface area contributed by atoms with E-state index in [4.69, 9.17) is 28.5 Å². The van der Waals surface area contributed by atoms with Crippen molar-refractivity contribution in [2.24, 2.45) is 5.10 Å². The molecule has 0 spiro atoms. The fourth-order valence-corrected chi connectivity index (χ4v) is 3.64. The predicted octanol–water partition coefficient (Wildman–Crippen LogP) is 5.36. The van der Waals surface area contributed by atoms with E-state index in [1.165, 1.54) is 31.3 Å². The lowest BCUT2D eigenvalue weighted by Gasteiger charge is -2.37. The quantitative estimate of drug-likeness (QED) is 0.683. The first kappa shape index (κ1) is 18.6. The minimum absolute atomic E-state index is 0.0832. The zero-order valence-corrected chi connectivity index (χ0v) is 15.0. The summed E-state index contributed by atoms with van der Waals surface area (Å²) >= 11 is 11.9. The Labute approximate surface area is 158 Å². The Morgan fingerprint density at radius 2 is 1.81 bits per heavy atom. The first-order chi connectivity index (χ1) is 12.2. The summed E-state index contributed by atoms with van der Waals surface area (Å²) in [6.07, 6.45) is -5.05. The van der Waals surface area contributed by atoms with Crippen LogP contribution in [0.15, 0.2) is 47.6 Å². The van der Waals surface area contributed by atoms with Gasteiger partial charge in [-0.15, -0.1) is 0 Å². The molecule has 2 aromatic rings. The molecule has 0 N–H and O–H groups in total. The summed E-state index contributed by atoms with van der Waals surface area (Å²) in [4.78, 5) is 0. The fraction of sp³-hybridized carbons (Fsp3) is 0.222. The fourth-order valence-electron chi connectivity index (χ4n) is 3.12. The Balaban J connectivity index is 2.13. The number of rotatable bonds is 2. The Hall–Kier alpha value is -2.23. The molecule has 1 atom stereocenters. The van der Waals surface area contributed by atoms with Crippen molar-refractivity contribution in [3.8, 4) is 6.07 Å². The van der Waals surface area contributed by atoms with E-state index in [2.05, 4.69) is 5.10 Å². The highest BCUT2D eigenvalue weighted by atomic mass is 35.5. The lowest BCUT2D eigenvalue weighted by Crippen LogP contribution is -2.50. The van der Waals surface area contributed by atoms with Gasteiger partial charge >= 0.3 is 6.18 Å². The number of alkyl halides is 3. The van der Waals surface area contributed by atoms with Gasteiger partial charge < -0.3 is 0 Å². The van der Waals surface area contributed by atoms with E-state index in [-0.39, 0.29) is 21.3 Å². The third kappa shape index (κ3) is 3.02. The van der Waals surface area contributed by atoms with E-state index in [1.807, 2.05) is 6.07 Å². The van der Waals surface area contributed by atoms with Gasteiger partial charge in [0, 0.05) is 23.5 Å². The van der Waals surface area contributed by atoms with Crippen LogP contribution in [0.3, 0.4) is 0 Å². The summed E-state index contributed by atoms with van der Waals surface area (Å²) in [6, 6.07) is 12.2. The smallest absolute Gasteiger partial charge is 0.280 e. The van der Waals surface area contributed by atoms with Crippen LogP contribution in [0.2, 0.25) is 10.0 Å². The van der Waals surface area contributed by atoms with Crippen molar-refractivity contribution in [1.29, 1.82) is 5.26 Å². The maximum Gasteiger partial charge on any atom is 0.417 e. The van der Waals surface area contributed by atoms with E-state index in [0.29, 0.717) is 11.1 Å². The van der Waals surface area contributed by atoms with E-state index in [0.717, 1.165) is 5.01 Å². The Morgan fingerprint density at radius 1 is 1.15 bits per heavy atom. The molecule has 0 saturated heterocycles. The number of nitrogens with zero attached hydrogens (tertiary/aromatic N) is 3. The summed E-state index contributed by atoms with van der Waals surface area (Å²) < 4.78 is 42.6. The Morgan fingerprint density at radius 3 is 2.38 bits per heavy atom. The highest BCUT2D eigenvalue weighted by Gasteiger charge is 2.62. The molecule has 0 radical (unpaired) electrons. The molecule has 3 nitrogen and oxygen atoms in total. The van der Waals surface area contributed by atoms with Gasteiger partial charge in [-0.3, -0.25) is 5.01 Å². The minimum Gasteiger partial charge on any atom is -0.280 e. The third-order valence-corrected chi connectivity index (χ3v) is 4.82. The van der Waals surface area contributed by atoms with E-state index in [1.54, 1.807) is 18.2 Å². The first-order valence-electron chi connectivity index (χ1n) is 7.52. The molecule has 134 valence electrons. The van der Waals surface area contributed by atoms with Crippen LogP contribution in [-0.2, 0) is 5.54 Å². The van der Waals surface area contributed by atoms with Crippen molar-refractivity contribution in [1.82, 2.24) is 5.01 Å². The third-order valence-electron chi connectivity index (χ3n) is 4.38. The van der Waals surface area contributed by atoms with Crippen LogP contribution in [0.5, 0.6) is 0 Å². The second-order valence-corrected chi connectivity index (χ2v) is 6.83. The second-order valence-electron chi connectivity index (χ2n) is 5.96. The van der Waals surface area contributed by atoms with Crippen LogP contribution in [0.4, 0.5) is 13.2 Å². The largest absolute Gasteiger partial charge is 0.417 e. The molecule has 0 aliphatic carbocycles. The van der Waals surface area contributed by atoms with Gasteiger partial charge in [0.05, 0.1) is 17.3 Å². The van der Waals surface area contributed by atoms with Crippen molar-refractivity contribution in [2.75, 3.05) is 7.05 Å². The molecule has 1 unspecified atom stereocenters. The van der Waals surface area contributed by atoms with Crippen LogP contribution in [0.25, 0.3) is 0 Å². The van der Waals surface area contributed by atoms with Gasteiger partial charge in [-0.25, -0.2) is 0 Å². The number of hydrogen-bond acceptors (Lipinski definition) is 3. The lowest BCUT2D eigenvalue weighted by molar-refractivity contribution is -0.227. The van der Waals surface area contributed by atoms with Gasteiger partial charge in [0.15, 0.2) is 5.54 Å². The molecule has 8 heteroatoms. The number of benzene rings is 2. The van der Waals surface area contributed by atoms with Crippen LogP contribution in [0.1, 0.15) is 23.1 Å². The van der Waals surface area contributed by atoms with Crippen LogP contribution in [-0.4, -0.2) is 23.9 Å². The molecule has 1 heterocycles. The van der Waals surface area contributed by atoms with Crippen molar-refractivity contribution in [2.45, 2.75) is 18.1 Å². The van der Waals surface area contributed by atoms with Gasteiger partial charge in [0.1, 0.15) is 0 Å². The van der Waals surface area contributed by atoms with Gasteiger partial charge in [0.2, 0.25) is 0 Å². The van der Waals surface area contributed by atoms with Crippen molar-refractivity contribution in [3.63, 3.8) is 0 Å². The molecule has 2 aromatic carbocycles. The maximum absolute atomic E-state index is 14.2. The molecule has 1 aliphatic heterocycles. The molecule has 0 fully saturated rings. The molecular weight excluding hydrogens is 386 g/mol. The summed E-state index contributed by atoms with van der Waals surface area (Å²) in [5, 5.41) is 14.3. The monoisotopic (exact) mass is 397 g/mol. The normalized spacial score (nSPS) is 20.0. The van der Waals surface area contributed by atoms with Crippen molar-refractivity contribution >= 4 is 28.9 Å². The zero-order chi connectivity index (χ0) is 19.1. The highest BCUT2D eigenvalue weighted by molar-refractivity contribution is 6.34. The molecule has 26 heavy (non-hydrogen) atoms. The van der Waals surface area contributed by atoms with Crippen LogP contribution < -0.4 is 0 Å². The van der Waals surface area contributed by atoms with E-state index >= 15 is 0 Å². The average Bonchev–Trinajstić information content (AvgIpc) is 2.92. The molecule has 0 saturated carbocycles. The summed E-state index contributed by atoms with van der Waals surface area (Å²) in [5.41, 5.74) is -1.42. The SMILES string of the molecule is CN1N=C(c2cccc(C#N)c2)CC1(c1cc(Cl)cc(Cl)c1)C(F)(F)F. The molecule has 3 rings (SSSR count). The van der Waals surface area contributed by atoms with Gasteiger partial charge in [0.25, 0.3) is 0 Å². The molecule has 0 bridgehead atoms. The Kier molecular flexibility index (Phi) is 4.63. The topological polar surface area (TPSA) is 39.4 Å². The first-order valence-corrected chi connectivity index (χ1v) is 8.28. The number of nitriles is 1. The molecule has 0 amide bonds. The maximum atomic E-state index is 14.2. The number of halogens is 5. The number of hydrazone groups is 1. The van der Waals surface area contributed by atoms with Gasteiger partial charge in [-0.1, -0.05) is 35.3 Å². The zero-order valence-electron chi connectivity index (χ0n) is 13.5.